The molecular formula is C16H19N3. The lowest BCUT2D eigenvalue weighted by atomic mass is 10.0. The van der Waals surface area contributed by atoms with Gasteiger partial charge in [0, 0.05) is 19.3 Å². The van der Waals surface area contributed by atoms with Crippen LogP contribution in [0.1, 0.15) is 23.1 Å². The summed E-state index contributed by atoms with van der Waals surface area (Å²) in [6.45, 7) is 3.11. The molecule has 1 aliphatic rings. The van der Waals surface area contributed by atoms with Gasteiger partial charge in [0.15, 0.2) is 0 Å². The maximum absolute atomic E-state index is 5.62. The lowest BCUT2D eigenvalue weighted by molar-refractivity contribution is 0.261. The van der Waals surface area contributed by atoms with Crippen molar-refractivity contribution in [3.63, 3.8) is 0 Å². The van der Waals surface area contributed by atoms with E-state index < -0.39 is 0 Å². The fourth-order valence-corrected chi connectivity index (χ4v) is 2.69. The van der Waals surface area contributed by atoms with E-state index in [1.54, 1.807) is 0 Å². The second-order valence-electron chi connectivity index (χ2n) is 5.17. The van der Waals surface area contributed by atoms with E-state index in [2.05, 4.69) is 40.2 Å². The Labute approximate surface area is 114 Å². The number of hydrogen-bond acceptors (Lipinski definition) is 3. The Morgan fingerprint density at radius 1 is 1.11 bits per heavy atom. The lowest BCUT2D eigenvalue weighted by Crippen LogP contribution is -2.22. The summed E-state index contributed by atoms with van der Waals surface area (Å²) in [5.74, 6) is 0.588. The number of hydrogen-bond donors (Lipinski definition) is 1. The Bertz CT molecular complexity index is 548. The van der Waals surface area contributed by atoms with Gasteiger partial charge in [0.2, 0.25) is 0 Å². The van der Waals surface area contributed by atoms with Gasteiger partial charge >= 0.3 is 0 Å². The van der Waals surface area contributed by atoms with Crippen molar-refractivity contribution >= 4 is 5.82 Å². The molecule has 0 amide bonds. The number of pyridine rings is 1. The Hall–Kier alpha value is -1.87. The van der Waals surface area contributed by atoms with E-state index in [4.69, 9.17) is 5.73 Å². The summed E-state index contributed by atoms with van der Waals surface area (Å²) >= 11 is 0. The third kappa shape index (κ3) is 2.93. The average molecular weight is 253 g/mol. The number of nitrogens with zero attached hydrogens (tertiary/aromatic N) is 2. The van der Waals surface area contributed by atoms with Crippen molar-refractivity contribution < 1.29 is 0 Å². The minimum atomic E-state index is 0.588. The van der Waals surface area contributed by atoms with Gasteiger partial charge in [-0.1, -0.05) is 30.3 Å². The Morgan fingerprint density at radius 2 is 1.95 bits per heavy atom. The summed E-state index contributed by atoms with van der Waals surface area (Å²) in [6, 6.07) is 12.7. The smallest absolute Gasteiger partial charge is 0.123 e. The second-order valence-corrected chi connectivity index (χ2v) is 5.17. The van der Waals surface area contributed by atoms with Crippen LogP contribution in [0.3, 0.4) is 0 Å². The first-order valence-electron chi connectivity index (χ1n) is 6.81. The first-order chi connectivity index (χ1) is 9.31. The molecule has 0 unspecified atom stereocenters. The van der Waals surface area contributed by atoms with Crippen molar-refractivity contribution in [3.8, 4) is 0 Å². The molecule has 2 N–H and O–H groups in total. The molecule has 0 bridgehead atoms. The number of aromatic nitrogens is 1. The van der Waals surface area contributed by atoms with Gasteiger partial charge in [-0.15, -0.1) is 0 Å². The summed E-state index contributed by atoms with van der Waals surface area (Å²) in [4.78, 5) is 6.65. The van der Waals surface area contributed by atoms with E-state index in [9.17, 15) is 0 Å². The normalized spacial score (nSPS) is 15.8. The molecule has 3 heteroatoms. The minimum absolute atomic E-state index is 0.588. The van der Waals surface area contributed by atoms with Crippen LogP contribution in [-0.4, -0.2) is 16.4 Å². The second kappa shape index (κ2) is 5.41. The van der Waals surface area contributed by atoms with E-state index in [0.29, 0.717) is 5.82 Å². The van der Waals surface area contributed by atoms with Gasteiger partial charge in [0.05, 0.1) is 0 Å². The summed E-state index contributed by atoms with van der Waals surface area (Å²) in [5, 5.41) is 0. The van der Waals surface area contributed by atoms with Crippen LogP contribution in [0.5, 0.6) is 0 Å². The largest absolute Gasteiger partial charge is 0.384 e. The number of anilines is 1. The lowest BCUT2D eigenvalue weighted by Gasteiger charge is -2.20. The Balaban J connectivity index is 1.74. The highest BCUT2D eigenvalue weighted by Gasteiger charge is 2.14. The summed E-state index contributed by atoms with van der Waals surface area (Å²) < 4.78 is 0. The Kier molecular flexibility index (Phi) is 3.47. The van der Waals surface area contributed by atoms with Crippen LogP contribution in [0.25, 0.3) is 0 Å². The molecule has 98 valence electrons. The van der Waals surface area contributed by atoms with Crippen molar-refractivity contribution in [3.05, 3.63) is 59.3 Å². The van der Waals surface area contributed by atoms with Gasteiger partial charge in [-0.2, -0.15) is 0 Å². The predicted octanol–water partition coefficient (Wildman–Crippen LogP) is 2.61. The molecular weight excluding hydrogens is 234 g/mol. The number of nitrogen functional groups attached to an aromatic ring is 1. The van der Waals surface area contributed by atoms with Gasteiger partial charge < -0.3 is 5.73 Å². The molecule has 3 rings (SSSR count). The summed E-state index contributed by atoms with van der Waals surface area (Å²) in [6.07, 6.45) is 4.29. The minimum Gasteiger partial charge on any atom is -0.384 e. The van der Waals surface area contributed by atoms with Crippen molar-refractivity contribution in [1.29, 1.82) is 0 Å². The van der Waals surface area contributed by atoms with E-state index >= 15 is 0 Å². The van der Waals surface area contributed by atoms with Crippen LogP contribution < -0.4 is 5.73 Å². The van der Waals surface area contributed by atoms with Gasteiger partial charge in [0.25, 0.3) is 0 Å². The topological polar surface area (TPSA) is 42.1 Å². The van der Waals surface area contributed by atoms with Gasteiger partial charge in [-0.25, -0.2) is 4.98 Å². The van der Waals surface area contributed by atoms with E-state index in [0.717, 1.165) is 19.6 Å². The van der Waals surface area contributed by atoms with Crippen molar-refractivity contribution in [2.45, 2.75) is 25.9 Å². The first-order valence-corrected chi connectivity index (χ1v) is 6.81. The molecule has 3 nitrogen and oxygen atoms in total. The highest BCUT2D eigenvalue weighted by Crippen LogP contribution is 2.19. The quantitative estimate of drug-likeness (QED) is 0.894. The molecule has 2 heterocycles. The molecule has 0 fully saturated rings. The van der Waals surface area contributed by atoms with Gasteiger partial charge in [-0.3, -0.25) is 4.90 Å². The summed E-state index contributed by atoms with van der Waals surface area (Å²) in [7, 11) is 0. The highest BCUT2D eigenvalue weighted by atomic mass is 15.1. The van der Waals surface area contributed by atoms with E-state index in [-0.39, 0.29) is 0 Å². The molecule has 1 aromatic heterocycles. The van der Waals surface area contributed by atoms with Gasteiger partial charge in [-0.05, 0) is 42.1 Å². The molecule has 2 aromatic rings. The van der Waals surface area contributed by atoms with Crippen LogP contribution in [0, 0.1) is 0 Å². The van der Waals surface area contributed by atoms with E-state index in [1.165, 1.54) is 29.5 Å². The molecule has 19 heavy (non-hydrogen) atoms. The standard InChI is InChI=1S/C16H19N3/c17-16-8-7-13(10-18-16)11-19-9-3-6-14-4-1-2-5-15(14)12-19/h1-2,4-5,7-8,10H,3,6,9,11-12H2,(H2,17,18). The van der Waals surface area contributed by atoms with Crippen LogP contribution >= 0.6 is 0 Å². The zero-order valence-electron chi connectivity index (χ0n) is 11.0. The SMILES string of the molecule is Nc1ccc(CN2CCCc3ccccc3C2)cn1. The van der Waals surface area contributed by atoms with Crippen molar-refractivity contribution in [2.24, 2.45) is 0 Å². The van der Waals surface area contributed by atoms with Crippen LogP contribution in [0.2, 0.25) is 0 Å². The first kappa shape index (κ1) is 12.2. The Morgan fingerprint density at radius 3 is 2.74 bits per heavy atom. The van der Waals surface area contributed by atoms with Crippen molar-refractivity contribution in [2.75, 3.05) is 12.3 Å². The van der Waals surface area contributed by atoms with Crippen molar-refractivity contribution in [1.82, 2.24) is 9.88 Å². The zero-order valence-corrected chi connectivity index (χ0v) is 11.0. The fraction of sp³-hybridized carbons (Fsp3) is 0.312. The van der Waals surface area contributed by atoms with Crippen LogP contribution in [0.15, 0.2) is 42.6 Å². The highest BCUT2D eigenvalue weighted by molar-refractivity contribution is 5.30. The molecule has 0 saturated carbocycles. The number of fused-ring (bicyclic) bond motifs is 1. The molecule has 1 aromatic carbocycles. The zero-order chi connectivity index (χ0) is 13.1. The molecule has 0 atom stereocenters. The number of nitrogens with two attached hydrogens (primary N) is 1. The maximum Gasteiger partial charge on any atom is 0.123 e. The van der Waals surface area contributed by atoms with Crippen LogP contribution in [-0.2, 0) is 19.5 Å². The third-order valence-electron chi connectivity index (χ3n) is 3.69. The number of benzene rings is 1. The monoisotopic (exact) mass is 253 g/mol. The van der Waals surface area contributed by atoms with E-state index in [1.807, 2.05) is 12.3 Å². The summed E-state index contributed by atoms with van der Waals surface area (Å²) in [5.41, 5.74) is 9.82. The van der Waals surface area contributed by atoms with Gasteiger partial charge in [0.1, 0.15) is 5.82 Å². The molecule has 0 spiro atoms. The molecule has 0 saturated heterocycles. The third-order valence-corrected chi connectivity index (χ3v) is 3.69. The number of aryl methyl sites for hydroxylation is 1. The number of rotatable bonds is 2. The molecule has 0 aliphatic carbocycles. The molecule has 0 radical (unpaired) electrons. The fourth-order valence-electron chi connectivity index (χ4n) is 2.69. The molecule has 1 aliphatic heterocycles. The van der Waals surface area contributed by atoms with Crippen LogP contribution in [0.4, 0.5) is 5.82 Å². The average Bonchev–Trinajstić information content (AvgIpc) is 2.63. The maximum atomic E-state index is 5.62. The predicted molar refractivity (Wildman–Crippen MR) is 77.5 cm³/mol.